The van der Waals surface area contributed by atoms with Gasteiger partial charge >= 0.3 is 0 Å². The van der Waals surface area contributed by atoms with E-state index in [0.717, 1.165) is 23.1 Å². The number of aromatic nitrogens is 2. The molecule has 0 saturated heterocycles. The summed E-state index contributed by atoms with van der Waals surface area (Å²) in [6.07, 6.45) is 2.49. The fourth-order valence-corrected chi connectivity index (χ4v) is 1.59. The second-order valence-electron chi connectivity index (χ2n) is 3.58. The fraction of sp³-hybridized carbons (Fsp3) is 0.167. The van der Waals surface area contributed by atoms with E-state index in [4.69, 9.17) is 0 Å². The zero-order chi connectivity index (χ0) is 10.8. The van der Waals surface area contributed by atoms with E-state index >= 15 is 0 Å². The fourth-order valence-electron chi connectivity index (χ4n) is 1.59. The number of aldehydes is 1. The lowest BCUT2D eigenvalue weighted by Crippen LogP contribution is -1.94. The zero-order valence-electron chi connectivity index (χ0n) is 8.77. The van der Waals surface area contributed by atoms with Gasteiger partial charge in [0.15, 0.2) is 6.29 Å². The van der Waals surface area contributed by atoms with Gasteiger partial charge in [0.1, 0.15) is 5.69 Å². The Hall–Kier alpha value is -1.90. The highest BCUT2D eigenvalue weighted by molar-refractivity contribution is 5.83. The molecule has 0 saturated carbocycles. The second kappa shape index (κ2) is 3.69. The van der Waals surface area contributed by atoms with E-state index in [0.29, 0.717) is 5.69 Å². The normalized spacial score (nSPS) is 10.3. The van der Waals surface area contributed by atoms with Gasteiger partial charge in [-0.05, 0) is 13.0 Å². The van der Waals surface area contributed by atoms with Crippen molar-refractivity contribution in [1.82, 2.24) is 9.55 Å². The highest BCUT2D eigenvalue weighted by Gasteiger charge is 2.09. The molecule has 1 heterocycles. The van der Waals surface area contributed by atoms with Crippen molar-refractivity contribution in [3.63, 3.8) is 0 Å². The number of aryl methyl sites for hydroxylation is 2. The molecule has 0 amide bonds. The molecule has 0 atom stereocenters. The Kier molecular flexibility index (Phi) is 2.37. The van der Waals surface area contributed by atoms with Crippen molar-refractivity contribution in [2.24, 2.45) is 7.05 Å². The van der Waals surface area contributed by atoms with Crippen molar-refractivity contribution in [3.8, 4) is 11.3 Å². The first kappa shape index (κ1) is 9.65. The van der Waals surface area contributed by atoms with Gasteiger partial charge in [0, 0.05) is 12.6 Å². The van der Waals surface area contributed by atoms with Crippen LogP contribution in [-0.2, 0) is 7.05 Å². The van der Waals surface area contributed by atoms with Crippen molar-refractivity contribution in [3.05, 3.63) is 41.9 Å². The molecule has 76 valence electrons. The van der Waals surface area contributed by atoms with E-state index in [2.05, 4.69) is 4.98 Å². The molecule has 15 heavy (non-hydrogen) atoms. The highest BCUT2D eigenvalue weighted by Crippen LogP contribution is 2.21. The Morgan fingerprint density at radius 2 is 2.20 bits per heavy atom. The predicted molar refractivity (Wildman–Crippen MR) is 58.8 cm³/mol. The van der Waals surface area contributed by atoms with Crippen molar-refractivity contribution in [2.45, 2.75) is 6.92 Å². The molecule has 2 rings (SSSR count). The quantitative estimate of drug-likeness (QED) is 0.696. The summed E-state index contributed by atoms with van der Waals surface area (Å²) < 4.78 is 1.73. The maximum absolute atomic E-state index is 10.9. The lowest BCUT2D eigenvalue weighted by molar-refractivity contribution is 0.111. The van der Waals surface area contributed by atoms with Crippen LogP contribution < -0.4 is 0 Å². The van der Waals surface area contributed by atoms with Crippen LogP contribution in [0.5, 0.6) is 0 Å². The molecule has 0 unspecified atom stereocenters. The molecule has 2 aromatic rings. The molecule has 1 aromatic heterocycles. The number of imidazole rings is 1. The summed E-state index contributed by atoms with van der Waals surface area (Å²) in [7, 11) is 1.82. The highest BCUT2D eigenvalue weighted by atomic mass is 16.1. The molecule has 0 bridgehead atoms. The summed E-state index contributed by atoms with van der Waals surface area (Å²) in [5.41, 5.74) is 3.50. The van der Waals surface area contributed by atoms with Crippen LogP contribution in [-0.4, -0.2) is 15.8 Å². The number of benzene rings is 1. The summed E-state index contributed by atoms with van der Waals surface area (Å²) >= 11 is 0. The largest absolute Gasteiger partial charge is 0.331 e. The van der Waals surface area contributed by atoms with E-state index < -0.39 is 0 Å². The Labute approximate surface area is 88.4 Å². The predicted octanol–water partition coefficient (Wildman–Crippen LogP) is 2.21. The van der Waals surface area contributed by atoms with Gasteiger partial charge in [0.25, 0.3) is 0 Å². The van der Waals surface area contributed by atoms with Gasteiger partial charge in [-0.2, -0.15) is 0 Å². The first-order valence-electron chi connectivity index (χ1n) is 4.76. The van der Waals surface area contributed by atoms with E-state index in [9.17, 15) is 4.79 Å². The third kappa shape index (κ3) is 1.68. The van der Waals surface area contributed by atoms with Gasteiger partial charge in [-0.3, -0.25) is 4.79 Å². The molecular formula is C12H12N2O. The maximum atomic E-state index is 10.9. The van der Waals surface area contributed by atoms with Gasteiger partial charge in [0.2, 0.25) is 0 Å². The van der Waals surface area contributed by atoms with Gasteiger partial charge < -0.3 is 4.57 Å². The van der Waals surface area contributed by atoms with Gasteiger partial charge in [-0.25, -0.2) is 4.98 Å². The summed E-state index contributed by atoms with van der Waals surface area (Å²) in [6, 6.07) is 7.97. The van der Waals surface area contributed by atoms with Crippen molar-refractivity contribution in [1.29, 1.82) is 0 Å². The van der Waals surface area contributed by atoms with E-state index in [1.165, 1.54) is 0 Å². The van der Waals surface area contributed by atoms with E-state index in [1.54, 1.807) is 10.9 Å². The van der Waals surface area contributed by atoms with Crippen molar-refractivity contribution in [2.75, 3.05) is 0 Å². The molecule has 0 N–H and O–H groups in total. The Balaban J connectivity index is 2.58. The molecular weight excluding hydrogens is 188 g/mol. The van der Waals surface area contributed by atoms with Gasteiger partial charge in [-0.15, -0.1) is 0 Å². The van der Waals surface area contributed by atoms with Crippen LogP contribution in [0.2, 0.25) is 0 Å². The number of hydrogen-bond donors (Lipinski definition) is 0. The third-order valence-corrected chi connectivity index (χ3v) is 2.39. The van der Waals surface area contributed by atoms with E-state index in [-0.39, 0.29) is 0 Å². The van der Waals surface area contributed by atoms with Crippen molar-refractivity contribution < 1.29 is 4.79 Å². The topological polar surface area (TPSA) is 34.9 Å². The zero-order valence-corrected chi connectivity index (χ0v) is 8.77. The number of rotatable bonds is 2. The number of carbonyl (C=O) groups is 1. The van der Waals surface area contributed by atoms with Crippen LogP contribution in [0.3, 0.4) is 0 Å². The molecule has 0 radical (unpaired) electrons. The average molecular weight is 200 g/mol. The smallest absolute Gasteiger partial charge is 0.168 e. The molecule has 0 fully saturated rings. The molecule has 3 nitrogen and oxygen atoms in total. The first-order valence-corrected chi connectivity index (χ1v) is 4.76. The Bertz CT molecular complexity index is 500. The Morgan fingerprint density at radius 1 is 1.40 bits per heavy atom. The summed E-state index contributed by atoms with van der Waals surface area (Å²) in [5.74, 6) is 0. The lowest BCUT2D eigenvalue weighted by atomic mass is 10.1. The first-order chi connectivity index (χ1) is 7.22. The van der Waals surface area contributed by atoms with Gasteiger partial charge in [-0.1, -0.05) is 23.8 Å². The minimum absolute atomic E-state index is 0.612. The summed E-state index contributed by atoms with van der Waals surface area (Å²) in [6.45, 7) is 2.02. The van der Waals surface area contributed by atoms with Crippen molar-refractivity contribution >= 4 is 6.29 Å². The second-order valence-corrected chi connectivity index (χ2v) is 3.58. The van der Waals surface area contributed by atoms with Crippen LogP contribution in [0.4, 0.5) is 0 Å². The lowest BCUT2D eigenvalue weighted by Gasteiger charge is -2.00. The molecule has 3 heteroatoms. The standard InChI is InChI=1S/C12H12N2O/c1-9-4-3-5-10(6-9)12-11(7-15)14(2)8-13-12/h3-8H,1-2H3. The third-order valence-electron chi connectivity index (χ3n) is 2.39. The molecule has 0 aliphatic carbocycles. The maximum Gasteiger partial charge on any atom is 0.168 e. The molecule has 0 aliphatic rings. The number of nitrogens with zero attached hydrogens (tertiary/aromatic N) is 2. The van der Waals surface area contributed by atoms with Crippen LogP contribution in [0, 0.1) is 6.92 Å². The Morgan fingerprint density at radius 3 is 2.87 bits per heavy atom. The average Bonchev–Trinajstić information content (AvgIpc) is 2.59. The monoisotopic (exact) mass is 200 g/mol. The molecule has 0 aliphatic heterocycles. The SMILES string of the molecule is Cc1cccc(-c2ncn(C)c2C=O)c1. The summed E-state index contributed by atoms with van der Waals surface area (Å²) in [4.78, 5) is 15.1. The number of carbonyl (C=O) groups excluding carboxylic acids is 1. The van der Waals surface area contributed by atoms with Crippen LogP contribution in [0.1, 0.15) is 16.1 Å². The van der Waals surface area contributed by atoms with E-state index in [1.807, 2.05) is 38.2 Å². The minimum atomic E-state index is 0.612. The van der Waals surface area contributed by atoms with Crippen LogP contribution in [0.25, 0.3) is 11.3 Å². The summed E-state index contributed by atoms with van der Waals surface area (Å²) in [5, 5.41) is 0. The van der Waals surface area contributed by atoms with Gasteiger partial charge in [0.05, 0.1) is 12.0 Å². The van der Waals surface area contributed by atoms with Crippen LogP contribution in [0.15, 0.2) is 30.6 Å². The number of hydrogen-bond acceptors (Lipinski definition) is 2. The minimum Gasteiger partial charge on any atom is -0.331 e. The molecule has 0 spiro atoms. The van der Waals surface area contributed by atoms with Crippen LogP contribution >= 0.6 is 0 Å². The molecule has 1 aromatic carbocycles.